The number of nitrogens with one attached hydrogen (secondary N) is 2. The van der Waals surface area contributed by atoms with Crippen LogP contribution in [0.1, 0.15) is 44.9 Å². The molecule has 2 aliphatic carbocycles. The maximum Gasteiger partial charge on any atom is 0.314 e. The minimum absolute atomic E-state index is 0.00239. The van der Waals surface area contributed by atoms with E-state index in [0.29, 0.717) is 12.0 Å². The van der Waals surface area contributed by atoms with Gasteiger partial charge in [0.05, 0.1) is 17.1 Å². The van der Waals surface area contributed by atoms with Crippen molar-refractivity contribution in [1.82, 2.24) is 10.6 Å². The summed E-state index contributed by atoms with van der Waals surface area (Å²) in [6.45, 7) is 0.689. The summed E-state index contributed by atoms with van der Waals surface area (Å²) in [5, 5.41) is 15.7. The molecule has 1 saturated heterocycles. The second-order valence-corrected chi connectivity index (χ2v) is 9.63. The van der Waals surface area contributed by atoms with Crippen molar-refractivity contribution in [3.8, 4) is 0 Å². The van der Waals surface area contributed by atoms with Crippen molar-refractivity contribution in [2.75, 3.05) is 24.6 Å². The molecular formula is C15H26N2O4S. The van der Waals surface area contributed by atoms with Crippen molar-refractivity contribution >= 4 is 15.9 Å². The zero-order chi connectivity index (χ0) is 15.8. The van der Waals surface area contributed by atoms with Gasteiger partial charge in [-0.05, 0) is 43.4 Å². The molecule has 3 fully saturated rings. The fourth-order valence-corrected chi connectivity index (χ4v) is 5.88. The van der Waals surface area contributed by atoms with Gasteiger partial charge in [-0.1, -0.05) is 12.8 Å². The molecule has 7 heteroatoms. The lowest BCUT2D eigenvalue weighted by Crippen LogP contribution is -2.53. The third kappa shape index (κ3) is 3.25. The first-order chi connectivity index (χ1) is 10.3. The van der Waals surface area contributed by atoms with Crippen LogP contribution < -0.4 is 10.6 Å². The van der Waals surface area contributed by atoms with E-state index in [1.807, 2.05) is 0 Å². The molecule has 1 aliphatic heterocycles. The number of urea groups is 1. The Morgan fingerprint density at radius 2 is 1.77 bits per heavy atom. The van der Waals surface area contributed by atoms with Crippen molar-refractivity contribution in [2.45, 2.75) is 50.5 Å². The molecule has 3 N–H and O–H groups in total. The Bertz CT molecular complexity index is 540. The molecule has 2 saturated carbocycles. The van der Waals surface area contributed by atoms with Gasteiger partial charge in [0.1, 0.15) is 0 Å². The molecule has 0 bridgehead atoms. The van der Waals surface area contributed by atoms with Crippen LogP contribution in [0.3, 0.4) is 0 Å². The first-order valence-electron chi connectivity index (χ1n) is 8.27. The van der Waals surface area contributed by atoms with Gasteiger partial charge >= 0.3 is 6.03 Å². The van der Waals surface area contributed by atoms with Crippen molar-refractivity contribution < 1.29 is 18.3 Å². The predicted octanol–water partition coefficient (Wildman–Crippen LogP) is 0.806. The topological polar surface area (TPSA) is 95.5 Å². The van der Waals surface area contributed by atoms with E-state index in [9.17, 15) is 18.3 Å². The molecule has 3 rings (SSSR count). The van der Waals surface area contributed by atoms with Gasteiger partial charge in [0.2, 0.25) is 0 Å². The van der Waals surface area contributed by atoms with E-state index in [-0.39, 0.29) is 30.5 Å². The van der Waals surface area contributed by atoms with Gasteiger partial charge in [0.15, 0.2) is 9.84 Å². The molecule has 2 amide bonds. The maximum atomic E-state index is 11.9. The highest BCUT2D eigenvalue weighted by Gasteiger charge is 2.46. The smallest absolute Gasteiger partial charge is 0.314 e. The van der Waals surface area contributed by atoms with Gasteiger partial charge in [-0.15, -0.1) is 0 Å². The maximum absolute atomic E-state index is 11.9. The van der Waals surface area contributed by atoms with Crippen molar-refractivity contribution in [3.63, 3.8) is 0 Å². The van der Waals surface area contributed by atoms with Gasteiger partial charge in [0, 0.05) is 13.1 Å². The van der Waals surface area contributed by atoms with E-state index in [2.05, 4.69) is 10.6 Å². The van der Waals surface area contributed by atoms with Crippen LogP contribution in [0.15, 0.2) is 0 Å². The van der Waals surface area contributed by atoms with E-state index >= 15 is 0 Å². The zero-order valence-corrected chi connectivity index (χ0v) is 13.8. The Kier molecular flexibility index (Phi) is 4.14. The number of carbonyl (C=O) groups excluding carboxylic acids is 1. The van der Waals surface area contributed by atoms with Crippen LogP contribution in [0.25, 0.3) is 0 Å². The number of carbonyl (C=O) groups is 1. The van der Waals surface area contributed by atoms with E-state index in [0.717, 1.165) is 5.92 Å². The number of sulfone groups is 1. The Balaban J connectivity index is 1.43. The standard InChI is InChI=1S/C15H26N2O4S/c18-13(17-10-15(19)7-8-22(20,21)11-15)16-9-14(5-2-6-14)12-3-1-4-12/h12,19H,1-11H2,(H2,16,17,18). The van der Waals surface area contributed by atoms with Gasteiger partial charge in [-0.25, -0.2) is 13.2 Å². The molecule has 0 radical (unpaired) electrons. The molecule has 1 heterocycles. The highest BCUT2D eigenvalue weighted by molar-refractivity contribution is 7.91. The number of aliphatic hydroxyl groups is 1. The molecule has 0 aromatic heterocycles. The van der Waals surface area contributed by atoms with Gasteiger partial charge in [-0.2, -0.15) is 0 Å². The highest BCUT2D eigenvalue weighted by Crippen LogP contribution is 2.53. The largest absolute Gasteiger partial charge is 0.387 e. The molecule has 1 unspecified atom stereocenters. The third-order valence-corrected chi connectivity index (χ3v) is 7.67. The van der Waals surface area contributed by atoms with E-state index < -0.39 is 15.4 Å². The number of hydrogen-bond acceptors (Lipinski definition) is 4. The Hall–Kier alpha value is -0.820. The fraction of sp³-hybridized carbons (Fsp3) is 0.933. The van der Waals surface area contributed by atoms with Crippen LogP contribution in [0.2, 0.25) is 0 Å². The molecule has 0 aromatic rings. The molecule has 0 aromatic carbocycles. The summed E-state index contributed by atoms with van der Waals surface area (Å²) in [4.78, 5) is 11.9. The Labute approximate surface area is 132 Å². The average Bonchev–Trinajstić information content (AvgIpc) is 2.62. The summed E-state index contributed by atoms with van der Waals surface area (Å²) in [5.74, 6) is 0.495. The SMILES string of the molecule is O=C(NCC1(O)CCS(=O)(=O)C1)NCC1(C2CCC2)CCC1. The minimum atomic E-state index is -3.16. The predicted molar refractivity (Wildman–Crippen MR) is 83.2 cm³/mol. The molecule has 126 valence electrons. The second-order valence-electron chi connectivity index (χ2n) is 7.45. The van der Waals surface area contributed by atoms with Crippen LogP contribution in [0, 0.1) is 11.3 Å². The monoisotopic (exact) mass is 330 g/mol. The molecule has 0 spiro atoms. The first-order valence-corrected chi connectivity index (χ1v) is 10.1. The quantitative estimate of drug-likeness (QED) is 0.695. The summed E-state index contributed by atoms with van der Waals surface area (Å²) in [7, 11) is -3.16. The molecular weight excluding hydrogens is 304 g/mol. The van der Waals surface area contributed by atoms with Crippen LogP contribution in [-0.4, -0.2) is 49.8 Å². The normalized spacial score (nSPS) is 32.8. The lowest BCUT2D eigenvalue weighted by atomic mass is 9.55. The molecule has 6 nitrogen and oxygen atoms in total. The average molecular weight is 330 g/mol. The Morgan fingerprint density at radius 1 is 1.09 bits per heavy atom. The van der Waals surface area contributed by atoms with Crippen molar-refractivity contribution in [3.05, 3.63) is 0 Å². The van der Waals surface area contributed by atoms with Gasteiger partial charge in [0.25, 0.3) is 0 Å². The van der Waals surface area contributed by atoms with Crippen LogP contribution >= 0.6 is 0 Å². The van der Waals surface area contributed by atoms with E-state index in [4.69, 9.17) is 0 Å². The van der Waals surface area contributed by atoms with Crippen LogP contribution in [0.5, 0.6) is 0 Å². The lowest BCUT2D eigenvalue weighted by Gasteiger charge is -2.51. The minimum Gasteiger partial charge on any atom is -0.387 e. The summed E-state index contributed by atoms with van der Waals surface area (Å²) >= 11 is 0. The van der Waals surface area contributed by atoms with Crippen LogP contribution in [0.4, 0.5) is 4.79 Å². The molecule has 22 heavy (non-hydrogen) atoms. The van der Waals surface area contributed by atoms with Crippen molar-refractivity contribution in [2.24, 2.45) is 11.3 Å². The Morgan fingerprint density at radius 3 is 2.23 bits per heavy atom. The summed E-state index contributed by atoms with van der Waals surface area (Å²) in [6.07, 6.45) is 7.70. The van der Waals surface area contributed by atoms with E-state index in [1.165, 1.54) is 38.5 Å². The van der Waals surface area contributed by atoms with Crippen LogP contribution in [-0.2, 0) is 9.84 Å². The second kappa shape index (κ2) is 5.67. The van der Waals surface area contributed by atoms with E-state index in [1.54, 1.807) is 0 Å². The summed E-state index contributed by atoms with van der Waals surface area (Å²) < 4.78 is 22.8. The zero-order valence-electron chi connectivity index (χ0n) is 12.9. The van der Waals surface area contributed by atoms with Gasteiger partial charge < -0.3 is 15.7 Å². The highest BCUT2D eigenvalue weighted by atomic mass is 32.2. The summed E-state index contributed by atoms with van der Waals surface area (Å²) in [6, 6.07) is -0.302. The first kappa shape index (κ1) is 16.1. The lowest BCUT2D eigenvalue weighted by molar-refractivity contribution is 0.00512. The third-order valence-electron chi connectivity index (χ3n) is 5.87. The van der Waals surface area contributed by atoms with Crippen molar-refractivity contribution in [1.29, 1.82) is 0 Å². The number of amides is 2. The fourth-order valence-electron chi connectivity index (χ4n) is 3.98. The van der Waals surface area contributed by atoms with Gasteiger partial charge in [-0.3, -0.25) is 0 Å². The number of rotatable bonds is 5. The summed E-state index contributed by atoms with van der Waals surface area (Å²) in [5.41, 5.74) is -1.01. The number of hydrogen-bond donors (Lipinski definition) is 3. The molecule has 3 aliphatic rings. The molecule has 1 atom stereocenters.